The van der Waals surface area contributed by atoms with Crippen LogP contribution in [0.15, 0.2) is 0 Å². The number of amides is 1. The van der Waals surface area contributed by atoms with Crippen molar-refractivity contribution in [2.24, 2.45) is 17.8 Å². The highest BCUT2D eigenvalue weighted by molar-refractivity contribution is 5.79. The Bertz CT molecular complexity index is 261. The number of nitrogens with zero attached hydrogens (tertiary/aromatic N) is 1. The molecule has 0 aromatic heterocycles. The van der Waals surface area contributed by atoms with E-state index in [1.54, 1.807) is 0 Å². The predicted molar refractivity (Wildman–Crippen MR) is 65.1 cm³/mol. The van der Waals surface area contributed by atoms with Crippen LogP contribution >= 0.6 is 0 Å². The number of rotatable bonds is 1. The van der Waals surface area contributed by atoms with Gasteiger partial charge in [0, 0.05) is 19.1 Å². The molecule has 3 heteroatoms. The van der Waals surface area contributed by atoms with Gasteiger partial charge < -0.3 is 10.2 Å². The van der Waals surface area contributed by atoms with Gasteiger partial charge in [-0.05, 0) is 38.1 Å². The lowest BCUT2D eigenvalue weighted by Crippen LogP contribution is -2.51. The van der Waals surface area contributed by atoms with Gasteiger partial charge in [0.15, 0.2) is 0 Å². The summed E-state index contributed by atoms with van der Waals surface area (Å²) in [5, 5.41) is 3.28. The molecule has 0 radical (unpaired) electrons. The molecule has 4 unspecified atom stereocenters. The molecule has 1 N–H and O–H groups in total. The monoisotopic (exact) mass is 224 g/mol. The summed E-state index contributed by atoms with van der Waals surface area (Å²) in [6.45, 7) is 9.58. The van der Waals surface area contributed by atoms with E-state index in [1.165, 1.54) is 6.42 Å². The van der Waals surface area contributed by atoms with Gasteiger partial charge in [-0.15, -0.1) is 0 Å². The minimum absolute atomic E-state index is 0.236. The summed E-state index contributed by atoms with van der Waals surface area (Å²) in [4.78, 5) is 14.5. The second-order valence-electron chi connectivity index (χ2n) is 5.74. The van der Waals surface area contributed by atoms with Gasteiger partial charge >= 0.3 is 0 Å². The van der Waals surface area contributed by atoms with E-state index in [4.69, 9.17) is 0 Å². The van der Waals surface area contributed by atoms with Crippen LogP contribution < -0.4 is 5.32 Å². The number of piperidine rings is 1. The van der Waals surface area contributed by atoms with Crippen LogP contribution in [0.3, 0.4) is 0 Å². The molecule has 92 valence electrons. The Morgan fingerprint density at radius 3 is 2.69 bits per heavy atom. The minimum Gasteiger partial charge on any atom is -0.339 e. The summed E-state index contributed by atoms with van der Waals surface area (Å²) >= 11 is 0. The molecule has 2 rings (SSSR count). The number of hydrogen-bond donors (Lipinski definition) is 1. The fourth-order valence-corrected chi connectivity index (χ4v) is 3.11. The third-order valence-electron chi connectivity index (χ3n) is 4.29. The Morgan fingerprint density at radius 1 is 1.31 bits per heavy atom. The first-order chi connectivity index (χ1) is 7.59. The van der Waals surface area contributed by atoms with Crippen LogP contribution in [0.5, 0.6) is 0 Å². The maximum atomic E-state index is 12.4. The number of carbonyl (C=O) groups is 1. The first-order valence-corrected chi connectivity index (χ1v) is 6.60. The maximum Gasteiger partial charge on any atom is 0.227 e. The summed E-state index contributed by atoms with van der Waals surface area (Å²) in [6.07, 6.45) is 2.28. The predicted octanol–water partition coefficient (Wildman–Crippen LogP) is 1.49. The van der Waals surface area contributed by atoms with Crippen molar-refractivity contribution in [3.05, 3.63) is 0 Å². The van der Waals surface area contributed by atoms with Crippen molar-refractivity contribution in [3.8, 4) is 0 Å². The van der Waals surface area contributed by atoms with Crippen LogP contribution in [-0.4, -0.2) is 36.5 Å². The van der Waals surface area contributed by atoms with Crippen molar-refractivity contribution in [1.29, 1.82) is 0 Å². The van der Waals surface area contributed by atoms with Crippen molar-refractivity contribution in [2.75, 3.05) is 19.6 Å². The molecular formula is C13H24N2O. The van der Waals surface area contributed by atoms with E-state index in [0.29, 0.717) is 23.8 Å². The fraction of sp³-hybridized carbons (Fsp3) is 0.923. The van der Waals surface area contributed by atoms with E-state index < -0.39 is 0 Å². The minimum atomic E-state index is 0.236. The number of nitrogens with one attached hydrogen (secondary N) is 1. The summed E-state index contributed by atoms with van der Waals surface area (Å²) in [5.74, 6) is 1.92. The standard InChI is InChI=1S/C13H24N2O/c1-9-6-10(2)11(3)15(8-9)13(16)12-4-5-14-7-12/h9-12,14H,4-8H2,1-3H3. The van der Waals surface area contributed by atoms with Crippen molar-refractivity contribution in [2.45, 2.75) is 39.7 Å². The zero-order chi connectivity index (χ0) is 11.7. The molecule has 0 saturated carbocycles. The molecule has 0 aromatic carbocycles. The molecule has 2 aliphatic rings. The zero-order valence-corrected chi connectivity index (χ0v) is 10.7. The maximum absolute atomic E-state index is 12.4. The zero-order valence-electron chi connectivity index (χ0n) is 10.7. The SMILES string of the molecule is CC1CC(C)C(C)N(C(=O)C2CCNC2)C1. The van der Waals surface area contributed by atoms with Gasteiger partial charge in [-0.2, -0.15) is 0 Å². The van der Waals surface area contributed by atoms with Crippen molar-refractivity contribution in [1.82, 2.24) is 10.2 Å². The lowest BCUT2D eigenvalue weighted by molar-refractivity contribution is -0.140. The number of carbonyl (C=O) groups excluding carboxylic acids is 1. The summed E-state index contributed by atoms with van der Waals surface area (Å²) in [5.41, 5.74) is 0. The van der Waals surface area contributed by atoms with E-state index in [9.17, 15) is 4.79 Å². The van der Waals surface area contributed by atoms with E-state index in [0.717, 1.165) is 26.1 Å². The third-order valence-corrected chi connectivity index (χ3v) is 4.29. The highest BCUT2D eigenvalue weighted by Gasteiger charge is 2.35. The van der Waals surface area contributed by atoms with Gasteiger partial charge in [0.25, 0.3) is 0 Å². The van der Waals surface area contributed by atoms with E-state index >= 15 is 0 Å². The Morgan fingerprint density at radius 2 is 2.06 bits per heavy atom. The largest absolute Gasteiger partial charge is 0.339 e. The summed E-state index contributed by atoms with van der Waals surface area (Å²) < 4.78 is 0. The Labute approximate surface area is 98.6 Å². The first kappa shape index (κ1) is 11.9. The molecule has 0 aromatic rings. The number of likely N-dealkylation sites (tertiary alicyclic amines) is 1. The third kappa shape index (κ3) is 2.24. The first-order valence-electron chi connectivity index (χ1n) is 6.60. The van der Waals surface area contributed by atoms with Crippen LogP contribution in [0.25, 0.3) is 0 Å². The molecule has 0 spiro atoms. The van der Waals surface area contributed by atoms with Gasteiger partial charge in [-0.3, -0.25) is 4.79 Å². The molecule has 3 nitrogen and oxygen atoms in total. The fourth-order valence-electron chi connectivity index (χ4n) is 3.11. The quantitative estimate of drug-likeness (QED) is 0.732. The van der Waals surface area contributed by atoms with Crippen molar-refractivity contribution in [3.63, 3.8) is 0 Å². The van der Waals surface area contributed by atoms with Crippen LogP contribution in [0.2, 0.25) is 0 Å². The van der Waals surface area contributed by atoms with Gasteiger partial charge in [-0.25, -0.2) is 0 Å². The normalized spacial score (nSPS) is 40.1. The van der Waals surface area contributed by atoms with E-state index in [2.05, 4.69) is 31.0 Å². The Hall–Kier alpha value is -0.570. The summed E-state index contributed by atoms with van der Waals surface area (Å²) in [6, 6.07) is 0.421. The van der Waals surface area contributed by atoms with Gasteiger partial charge in [0.05, 0.1) is 5.92 Å². The second-order valence-corrected chi connectivity index (χ2v) is 5.74. The van der Waals surface area contributed by atoms with Crippen molar-refractivity contribution < 1.29 is 4.79 Å². The highest BCUT2D eigenvalue weighted by atomic mass is 16.2. The Balaban J connectivity index is 2.03. The van der Waals surface area contributed by atoms with E-state index in [1.807, 2.05) is 0 Å². The van der Waals surface area contributed by atoms with Crippen LogP contribution in [0.4, 0.5) is 0 Å². The van der Waals surface area contributed by atoms with Crippen LogP contribution in [0, 0.1) is 17.8 Å². The van der Waals surface area contributed by atoms with E-state index in [-0.39, 0.29) is 5.92 Å². The molecule has 4 atom stereocenters. The molecule has 0 aliphatic carbocycles. The van der Waals surface area contributed by atoms with Gasteiger partial charge in [0.1, 0.15) is 0 Å². The molecule has 2 heterocycles. The van der Waals surface area contributed by atoms with Crippen LogP contribution in [-0.2, 0) is 4.79 Å². The summed E-state index contributed by atoms with van der Waals surface area (Å²) in [7, 11) is 0. The van der Waals surface area contributed by atoms with Crippen LogP contribution in [0.1, 0.15) is 33.6 Å². The molecule has 2 fully saturated rings. The molecule has 1 amide bonds. The second kappa shape index (κ2) is 4.74. The number of hydrogen-bond acceptors (Lipinski definition) is 2. The van der Waals surface area contributed by atoms with Crippen molar-refractivity contribution >= 4 is 5.91 Å². The smallest absolute Gasteiger partial charge is 0.227 e. The average Bonchev–Trinajstić information content (AvgIpc) is 2.75. The molecule has 2 aliphatic heterocycles. The lowest BCUT2D eigenvalue weighted by atomic mass is 9.85. The Kier molecular flexibility index (Phi) is 3.53. The highest BCUT2D eigenvalue weighted by Crippen LogP contribution is 2.28. The van der Waals surface area contributed by atoms with Gasteiger partial charge in [-0.1, -0.05) is 13.8 Å². The van der Waals surface area contributed by atoms with Gasteiger partial charge in [0.2, 0.25) is 5.91 Å². The lowest BCUT2D eigenvalue weighted by Gasteiger charge is -2.42. The topological polar surface area (TPSA) is 32.3 Å². The molecule has 2 saturated heterocycles. The molecular weight excluding hydrogens is 200 g/mol. The molecule has 0 bridgehead atoms. The average molecular weight is 224 g/mol. The molecule has 16 heavy (non-hydrogen) atoms.